The number of nitrogens with two attached hydrogens (primary N) is 1. The van der Waals surface area contributed by atoms with Crippen molar-refractivity contribution in [2.45, 2.75) is 16.3 Å². The third-order valence-electron chi connectivity index (χ3n) is 2.44. The molecule has 0 radical (unpaired) electrons. The van der Waals surface area contributed by atoms with Crippen LogP contribution in [0.1, 0.15) is 0 Å². The maximum absolute atomic E-state index is 12.1. The minimum Gasteiger partial charge on any atom is -0.314 e. The summed E-state index contributed by atoms with van der Waals surface area (Å²) < 4.78 is 24.2. The molecule has 4 N–H and O–H groups in total. The zero-order valence-corrected chi connectivity index (χ0v) is 8.87. The molecule has 5 nitrogen and oxygen atoms in total. The summed E-state index contributed by atoms with van der Waals surface area (Å²) in [5.41, 5.74) is 11.1. The van der Waals surface area contributed by atoms with Crippen LogP contribution in [0.15, 0.2) is 35.2 Å². The molecule has 1 aromatic rings. The van der Waals surface area contributed by atoms with Gasteiger partial charge in [0.05, 0.1) is 11.1 Å². The fourth-order valence-electron chi connectivity index (χ4n) is 1.58. The van der Waals surface area contributed by atoms with Gasteiger partial charge in [-0.25, -0.2) is 13.8 Å². The van der Waals surface area contributed by atoms with Gasteiger partial charge in [0.15, 0.2) is 9.84 Å². The van der Waals surface area contributed by atoms with Gasteiger partial charge in [-0.05, 0) is 12.1 Å². The average Bonchev–Trinajstić information content (AvgIpc) is 2.66. The molecule has 6 heteroatoms. The normalized spacial score (nSPS) is 26.7. The maximum atomic E-state index is 12.1. The fraction of sp³-hybridized carbons (Fsp3) is 0.333. The molecule has 2 atom stereocenters. The maximum Gasteiger partial charge on any atom is 0.185 e. The van der Waals surface area contributed by atoms with Crippen LogP contribution in [0.4, 0.5) is 0 Å². The summed E-state index contributed by atoms with van der Waals surface area (Å²) in [6.45, 7) is 0.332. The Balaban J connectivity index is 2.35. The lowest BCUT2D eigenvalue weighted by molar-refractivity contribution is 0.549. The minimum atomic E-state index is -3.34. The second-order valence-corrected chi connectivity index (χ2v) is 5.61. The Morgan fingerprint density at radius 1 is 1.27 bits per heavy atom. The van der Waals surface area contributed by atoms with E-state index in [4.69, 9.17) is 5.73 Å². The summed E-state index contributed by atoms with van der Waals surface area (Å²) in [7, 11) is -3.34. The highest BCUT2D eigenvalue weighted by molar-refractivity contribution is 7.92. The first-order valence-corrected chi connectivity index (χ1v) is 6.20. The third kappa shape index (κ3) is 1.89. The first-order valence-electron chi connectivity index (χ1n) is 4.65. The van der Waals surface area contributed by atoms with E-state index in [-0.39, 0.29) is 0 Å². The Morgan fingerprint density at radius 3 is 2.47 bits per heavy atom. The van der Waals surface area contributed by atoms with Crippen LogP contribution in [0.2, 0.25) is 0 Å². The van der Waals surface area contributed by atoms with E-state index in [1.807, 2.05) is 0 Å². The van der Waals surface area contributed by atoms with Crippen molar-refractivity contribution in [1.82, 2.24) is 10.9 Å². The smallest absolute Gasteiger partial charge is 0.185 e. The lowest BCUT2D eigenvalue weighted by atomic mass is 10.4. The third-order valence-corrected chi connectivity index (χ3v) is 4.63. The second-order valence-electron chi connectivity index (χ2n) is 3.45. The molecule has 2 rings (SSSR count). The summed E-state index contributed by atoms with van der Waals surface area (Å²) in [4.78, 5) is 0.316. The summed E-state index contributed by atoms with van der Waals surface area (Å²) in [5, 5.41) is -0.611. The lowest BCUT2D eigenvalue weighted by Gasteiger charge is -2.14. The zero-order chi connectivity index (χ0) is 10.9. The van der Waals surface area contributed by atoms with Crippen molar-refractivity contribution in [3.05, 3.63) is 30.3 Å². The molecule has 1 aliphatic rings. The first kappa shape index (κ1) is 10.6. The van der Waals surface area contributed by atoms with Crippen LogP contribution < -0.4 is 16.6 Å². The molecule has 0 amide bonds. The highest BCUT2D eigenvalue weighted by Crippen LogP contribution is 2.17. The summed E-state index contributed by atoms with van der Waals surface area (Å²) in [5.74, 6) is 0. The Kier molecular flexibility index (Phi) is 2.74. The molecule has 1 heterocycles. The number of hydrazine groups is 1. The van der Waals surface area contributed by atoms with Crippen LogP contribution in [0, 0.1) is 0 Å². The molecule has 0 bridgehead atoms. The van der Waals surface area contributed by atoms with Crippen LogP contribution >= 0.6 is 0 Å². The van der Waals surface area contributed by atoms with Crippen LogP contribution in [0.3, 0.4) is 0 Å². The average molecular weight is 227 g/mol. The number of nitrogens with one attached hydrogen (secondary N) is 2. The number of benzene rings is 1. The van der Waals surface area contributed by atoms with Gasteiger partial charge in [-0.3, -0.25) is 5.43 Å². The Morgan fingerprint density at radius 2 is 1.93 bits per heavy atom. The highest BCUT2D eigenvalue weighted by atomic mass is 32.2. The molecule has 2 unspecified atom stereocenters. The number of rotatable bonds is 2. The van der Waals surface area contributed by atoms with Gasteiger partial charge in [0.1, 0.15) is 5.25 Å². The highest BCUT2D eigenvalue weighted by Gasteiger charge is 2.36. The van der Waals surface area contributed by atoms with E-state index in [1.54, 1.807) is 30.3 Å². The molecule has 0 spiro atoms. The van der Waals surface area contributed by atoms with Crippen molar-refractivity contribution in [2.24, 2.45) is 5.73 Å². The molecular formula is C9H13N3O2S. The van der Waals surface area contributed by atoms with Crippen molar-refractivity contribution in [1.29, 1.82) is 0 Å². The summed E-state index contributed by atoms with van der Waals surface area (Å²) in [6.07, 6.45) is -0.560. The van der Waals surface area contributed by atoms with E-state index in [2.05, 4.69) is 10.9 Å². The van der Waals surface area contributed by atoms with Gasteiger partial charge in [-0.15, -0.1) is 0 Å². The number of sulfone groups is 1. The van der Waals surface area contributed by atoms with Gasteiger partial charge in [-0.2, -0.15) is 0 Å². The van der Waals surface area contributed by atoms with Gasteiger partial charge in [-0.1, -0.05) is 18.2 Å². The van der Waals surface area contributed by atoms with Crippen LogP contribution in [-0.4, -0.2) is 26.4 Å². The van der Waals surface area contributed by atoms with Crippen molar-refractivity contribution in [3.63, 3.8) is 0 Å². The molecule has 0 saturated carbocycles. The first-order chi connectivity index (χ1) is 7.12. The van der Waals surface area contributed by atoms with Gasteiger partial charge in [0.2, 0.25) is 0 Å². The van der Waals surface area contributed by atoms with Gasteiger partial charge in [0, 0.05) is 6.54 Å². The Hall–Kier alpha value is -0.950. The SMILES string of the molecule is NC1NNCC1S(=O)(=O)c1ccccc1. The van der Waals surface area contributed by atoms with E-state index >= 15 is 0 Å². The Labute approximate surface area is 88.6 Å². The van der Waals surface area contributed by atoms with E-state index < -0.39 is 21.3 Å². The van der Waals surface area contributed by atoms with Crippen LogP contribution in [0.25, 0.3) is 0 Å². The molecule has 15 heavy (non-hydrogen) atoms. The van der Waals surface area contributed by atoms with Crippen LogP contribution in [-0.2, 0) is 9.84 Å². The number of hydrogen-bond acceptors (Lipinski definition) is 5. The number of hydrogen-bond donors (Lipinski definition) is 3. The molecule has 1 saturated heterocycles. The van der Waals surface area contributed by atoms with Crippen molar-refractivity contribution >= 4 is 9.84 Å². The van der Waals surface area contributed by atoms with E-state index in [0.29, 0.717) is 11.4 Å². The molecule has 1 fully saturated rings. The molecular weight excluding hydrogens is 214 g/mol. The van der Waals surface area contributed by atoms with Crippen molar-refractivity contribution < 1.29 is 8.42 Å². The predicted molar refractivity (Wildman–Crippen MR) is 56.5 cm³/mol. The predicted octanol–water partition coefficient (Wildman–Crippen LogP) is -0.778. The quantitative estimate of drug-likeness (QED) is 0.617. The monoisotopic (exact) mass is 227 g/mol. The molecule has 82 valence electrons. The van der Waals surface area contributed by atoms with E-state index in [0.717, 1.165) is 0 Å². The summed E-state index contributed by atoms with van der Waals surface area (Å²) in [6, 6.07) is 8.35. The second kappa shape index (κ2) is 3.90. The lowest BCUT2D eigenvalue weighted by Crippen LogP contribution is -2.44. The van der Waals surface area contributed by atoms with Gasteiger partial charge >= 0.3 is 0 Å². The Bertz CT molecular complexity index is 432. The standard InChI is InChI=1S/C9H13N3O2S/c10-9-8(6-11-12-9)15(13,14)7-4-2-1-3-5-7/h1-5,8-9,11-12H,6,10H2. The molecule has 0 aliphatic carbocycles. The molecule has 0 aromatic heterocycles. The van der Waals surface area contributed by atoms with Crippen molar-refractivity contribution in [3.8, 4) is 0 Å². The molecule has 1 aliphatic heterocycles. The van der Waals surface area contributed by atoms with Gasteiger partial charge < -0.3 is 5.73 Å². The van der Waals surface area contributed by atoms with Crippen molar-refractivity contribution in [2.75, 3.05) is 6.54 Å². The summed E-state index contributed by atoms with van der Waals surface area (Å²) >= 11 is 0. The fourth-order valence-corrected chi connectivity index (χ4v) is 3.23. The topological polar surface area (TPSA) is 84.2 Å². The minimum absolute atomic E-state index is 0.316. The van der Waals surface area contributed by atoms with E-state index in [9.17, 15) is 8.42 Å². The largest absolute Gasteiger partial charge is 0.314 e. The zero-order valence-electron chi connectivity index (χ0n) is 8.05. The van der Waals surface area contributed by atoms with E-state index in [1.165, 1.54) is 0 Å². The van der Waals surface area contributed by atoms with Gasteiger partial charge in [0.25, 0.3) is 0 Å². The molecule has 1 aromatic carbocycles. The van der Waals surface area contributed by atoms with Crippen LogP contribution in [0.5, 0.6) is 0 Å².